The molecule has 1 atom stereocenters. The van der Waals surface area contributed by atoms with Crippen LogP contribution < -0.4 is 5.32 Å². The zero-order valence-electron chi connectivity index (χ0n) is 17.3. The first-order valence-corrected chi connectivity index (χ1v) is 12.2. The van der Waals surface area contributed by atoms with Crippen LogP contribution in [0.1, 0.15) is 31.7 Å². The highest BCUT2D eigenvalue weighted by atomic mass is 32.2. The van der Waals surface area contributed by atoms with Crippen LogP contribution in [0.2, 0.25) is 0 Å². The zero-order chi connectivity index (χ0) is 21.2. The second-order valence-electron chi connectivity index (χ2n) is 8.86. The number of sulfone groups is 1. The third kappa shape index (κ3) is 4.57. The Bertz CT molecular complexity index is 999. The van der Waals surface area contributed by atoms with Crippen molar-refractivity contribution in [2.24, 2.45) is 5.41 Å². The normalized spacial score (nSPS) is 25.0. The van der Waals surface area contributed by atoms with Crippen LogP contribution in [0.5, 0.6) is 0 Å². The van der Waals surface area contributed by atoms with Gasteiger partial charge in [0.05, 0.1) is 22.5 Å². The van der Waals surface area contributed by atoms with E-state index in [0.29, 0.717) is 38.9 Å². The maximum Gasteiger partial charge on any atom is 0.227 e. The molecule has 0 aliphatic carbocycles. The first-order valence-electron chi connectivity index (χ1n) is 10.4. The van der Waals surface area contributed by atoms with Gasteiger partial charge in [0.1, 0.15) is 0 Å². The number of carbonyl (C=O) groups excluding carboxylic acids is 1. The van der Waals surface area contributed by atoms with E-state index in [1.54, 1.807) is 12.4 Å². The van der Waals surface area contributed by atoms with Crippen molar-refractivity contribution in [2.75, 3.05) is 24.7 Å². The van der Waals surface area contributed by atoms with Gasteiger partial charge < -0.3 is 10.1 Å². The first-order chi connectivity index (χ1) is 14.3. The fourth-order valence-corrected chi connectivity index (χ4v) is 6.61. The minimum atomic E-state index is -3.08. The fraction of sp³-hybridized carbons (Fsp3) is 0.478. The Morgan fingerprint density at radius 3 is 2.27 bits per heavy atom. The number of carbonyl (C=O) groups is 1. The van der Waals surface area contributed by atoms with Crippen molar-refractivity contribution >= 4 is 15.7 Å². The van der Waals surface area contributed by atoms with Gasteiger partial charge in [-0.05, 0) is 61.4 Å². The number of amides is 1. The topological polar surface area (TPSA) is 85.4 Å². The van der Waals surface area contributed by atoms with Crippen LogP contribution in [0.25, 0.3) is 11.1 Å². The molecule has 1 aromatic carbocycles. The summed E-state index contributed by atoms with van der Waals surface area (Å²) in [4.78, 5) is 17.5. The Labute approximate surface area is 178 Å². The van der Waals surface area contributed by atoms with Crippen LogP contribution in [0.3, 0.4) is 0 Å². The van der Waals surface area contributed by atoms with Crippen molar-refractivity contribution in [1.82, 2.24) is 10.3 Å². The molecule has 3 heterocycles. The van der Waals surface area contributed by atoms with Gasteiger partial charge in [-0.2, -0.15) is 0 Å². The molecule has 0 radical (unpaired) electrons. The molecule has 2 fully saturated rings. The Balaban J connectivity index is 1.53. The smallest absolute Gasteiger partial charge is 0.227 e. The van der Waals surface area contributed by atoms with Gasteiger partial charge in [0.25, 0.3) is 0 Å². The molecule has 4 rings (SSSR count). The second kappa shape index (κ2) is 8.12. The van der Waals surface area contributed by atoms with Gasteiger partial charge in [0, 0.05) is 25.6 Å². The predicted molar refractivity (Wildman–Crippen MR) is 116 cm³/mol. The van der Waals surface area contributed by atoms with Crippen molar-refractivity contribution in [3.05, 3.63) is 54.4 Å². The number of aromatic nitrogens is 1. The highest BCUT2D eigenvalue weighted by Crippen LogP contribution is 2.37. The molecule has 0 spiro atoms. The summed E-state index contributed by atoms with van der Waals surface area (Å²) >= 11 is 0. The Kier molecular flexibility index (Phi) is 5.68. The van der Waals surface area contributed by atoms with Gasteiger partial charge in [-0.25, -0.2) is 8.42 Å². The van der Waals surface area contributed by atoms with Crippen molar-refractivity contribution in [3.8, 4) is 11.1 Å². The molecule has 6 nitrogen and oxygen atoms in total. The molecule has 30 heavy (non-hydrogen) atoms. The summed E-state index contributed by atoms with van der Waals surface area (Å²) in [6.45, 7) is 2.92. The van der Waals surface area contributed by atoms with Crippen LogP contribution in [0, 0.1) is 5.41 Å². The van der Waals surface area contributed by atoms with Gasteiger partial charge in [-0.15, -0.1) is 0 Å². The van der Waals surface area contributed by atoms with Gasteiger partial charge in [0.2, 0.25) is 5.91 Å². The van der Waals surface area contributed by atoms with Crippen LogP contribution in [0.4, 0.5) is 0 Å². The summed E-state index contributed by atoms with van der Waals surface area (Å²) in [6, 6.07) is 12.2. The van der Waals surface area contributed by atoms with E-state index in [0.717, 1.165) is 16.7 Å². The van der Waals surface area contributed by atoms with E-state index in [9.17, 15) is 13.2 Å². The monoisotopic (exact) mass is 428 g/mol. The highest BCUT2D eigenvalue weighted by Gasteiger charge is 2.46. The average Bonchev–Trinajstić information content (AvgIpc) is 3.02. The van der Waals surface area contributed by atoms with Gasteiger partial charge >= 0.3 is 0 Å². The van der Waals surface area contributed by atoms with Gasteiger partial charge in [0.15, 0.2) is 9.84 Å². The molecule has 1 amide bonds. The van der Waals surface area contributed by atoms with Crippen molar-refractivity contribution < 1.29 is 17.9 Å². The molecule has 2 aliphatic rings. The van der Waals surface area contributed by atoms with Crippen LogP contribution in [-0.4, -0.2) is 49.6 Å². The van der Waals surface area contributed by atoms with Crippen LogP contribution in [-0.2, 0) is 25.8 Å². The molecular weight excluding hydrogens is 400 g/mol. The molecule has 1 N–H and O–H groups in total. The average molecular weight is 429 g/mol. The number of rotatable bonds is 5. The Morgan fingerprint density at radius 1 is 1.03 bits per heavy atom. The van der Waals surface area contributed by atoms with Gasteiger partial charge in [-0.3, -0.25) is 9.78 Å². The fourth-order valence-electron chi connectivity index (χ4n) is 4.51. The van der Waals surface area contributed by atoms with Crippen LogP contribution >= 0.6 is 0 Å². The van der Waals surface area contributed by atoms with E-state index in [-0.39, 0.29) is 17.4 Å². The minimum Gasteiger partial charge on any atom is -0.381 e. The minimum absolute atomic E-state index is 0.0128. The van der Waals surface area contributed by atoms with Crippen molar-refractivity contribution in [3.63, 3.8) is 0 Å². The number of hydrogen-bond donors (Lipinski definition) is 1. The molecule has 1 unspecified atom stereocenters. The lowest BCUT2D eigenvalue weighted by molar-refractivity contribution is -0.138. The molecule has 1 aromatic heterocycles. The standard InChI is InChI=1S/C23H28N2O4S/c1-22(10-15-30(27,28)17-22)25-21(26)23(8-13-29-14-9-23)16-18-2-4-19(5-3-18)20-6-11-24-12-7-20/h2-7,11-12H,8-10,13-17H2,1H3,(H,25,26). The molecule has 7 heteroatoms. The van der Waals surface area contributed by atoms with Gasteiger partial charge in [-0.1, -0.05) is 24.3 Å². The van der Waals surface area contributed by atoms with E-state index in [1.165, 1.54) is 0 Å². The van der Waals surface area contributed by atoms with E-state index in [4.69, 9.17) is 4.74 Å². The summed E-state index contributed by atoms with van der Waals surface area (Å²) in [5.41, 5.74) is 2.04. The number of nitrogens with zero attached hydrogens (tertiary/aromatic N) is 1. The van der Waals surface area contributed by atoms with E-state index in [1.807, 2.05) is 19.1 Å². The zero-order valence-corrected chi connectivity index (χ0v) is 18.1. The molecule has 160 valence electrons. The van der Waals surface area contributed by atoms with Crippen LogP contribution in [0.15, 0.2) is 48.8 Å². The SMILES string of the molecule is CC1(NC(=O)C2(Cc3ccc(-c4ccncc4)cc3)CCOCC2)CCS(=O)(=O)C1. The van der Waals surface area contributed by atoms with Crippen molar-refractivity contribution in [1.29, 1.82) is 0 Å². The lowest BCUT2D eigenvalue weighted by Gasteiger charge is -2.38. The van der Waals surface area contributed by atoms with E-state index >= 15 is 0 Å². The lowest BCUT2D eigenvalue weighted by atomic mass is 9.73. The summed E-state index contributed by atoms with van der Waals surface area (Å²) in [6.07, 6.45) is 5.89. The number of benzene rings is 1. The van der Waals surface area contributed by atoms with E-state index < -0.39 is 20.8 Å². The number of hydrogen-bond acceptors (Lipinski definition) is 5. The predicted octanol–water partition coefficient (Wildman–Crippen LogP) is 2.78. The quantitative estimate of drug-likeness (QED) is 0.792. The summed E-state index contributed by atoms with van der Waals surface area (Å²) in [5, 5.41) is 3.10. The molecule has 0 bridgehead atoms. The maximum atomic E-state index is 13.4. The Hall–Kier alpha value is -2.25. The maximum absolute atomic E-state index is 13.4. The summed E-state index contributed by atoms with van der Waals surface area (Å²) < 4.78 is 29.4. The number of pyridine rings is 1. The summed E-state index contributed by atoms with van der Waals surface area (Å²) in [7, 11) is -3.08. The molecule has 2 aromatic rings. The number of nitrogens with one attached hydrogen (secondary N) is 1. The Morgan fingerprint density at radius 2 is 1.67 bits per heavy atom. The summed E-state index contributed by atoms with van der Waals surface area (Å²) in [5.74, 6) is 0.0959. The molecule has 0 saturated carbocycles. The third-order valence-corrected chi connectivity index (χ3v) is 8.26. The molecule has 2 saturated heterocycles. The number of ether oxygens (including phenoxy) is 1. The lowest BCUT2D eigenvalue weighted by Crippen LogP contribution is -2.55. The highest BCUT2D eigenvalue weighted by molar-refractivity contribution is 7.91. The largest absolute Gasteiger partial charge is 0.381 e. The third-order valence-electron chi connectivity index (χ3n) is 6.36. The first kappa shape index (κ1) is 21.0. The second-order valence-corrected chi connectivity index (χ2v) is 11.0. The van der Waals surface area contributed by atoms with Crippen molar-refractivity contribution in [2.45, 2.75) is 38.1 Å². The molecular formula is C23H28N2O4S. The van der Waals surface area contributed by atoms with E-state index in [2.05, 4.69) is 34.6 Å². The molecule has 2 aliphatic heterocycles.